The number of aliphatic carboxylic acids is 2. The highest BCUT2D eigenvalue weighted by Crippen LogP contribution is 2.22. The van der Waals surface area contributed by atoms with Crippen molar-refractivity contribution in [3.05, 3.63) is 33.8 Å². The van der Waals surface area contributed by atoms with E-state index in [0.717, 1.165) is 0 Å². The predicted molar refractivity (Wildman–Crippen MR) is 98.9 cm³/mol. The van der Waals surface area contributed by atoms with Gasteiger partial charge in [0, 0.05) is 12.1 Å². The zero-order valence-electron chi connectivity index (χ0n) is 14.5. The third kappa shape index (κ3) is 7.19. The fraction of sp³-hybridized carbons (Fsp3) is 0.471. The number of hydrogen-bond acceptors (Lipinski definition) is 4. The van der Waals surface area contributed by atoms with Crippen LogP contribution in [0, 0.1) is 5.92 Å². The number of rotatable bonds is 10. The van der Waals surface area contributed by atoms with E-state index in [1.54, 1.807) is 0 Å². The lowest BCUT2D eigenvalue weighted by atomic mass is 10.0. The van der Waals surface area contributed by atoms with Crippen LogP contribution in [0.15, 0.2) is 18.2 Å². The smallest absolute Gasteiger partial charge is 0.320 e. The molecule has 0 bridgehead atoms. The molecule has 9 heteroatoms. The van der Waals surface area contributed by atoms with Crippen LogP contribution in [-0.2, 0) is 9.59 Å². The van der Waals surface area contributed by atoms with E-state index in [9.17, 15) is 24.6 Å². The van der Waals surface area contributed by atoms with Crippen molar-refractivity contribution in [2.45, 2.75) is 38.8 Å². The Kier molecular flexibility index (Phi) is 8.84. The van der Waals surface area contributed by atoms with Crippen molar-refractivity contribution in [1.82, 2.24) is 10.6 Å². The highest BCUT2D eigenvalue weighted by molar-refractivity contribution is 6.42. The maximum absolute atomic E-state index is 12.1. The van der Waals surface area contributed by atoms with Crippen LogP contribution in [0.25, 0.3) is 0 Å². The summed E-state index contributed by atoms with van der Waals surface area (Å²) >= 11 is 11.6. The molecule has 0 aliphatic carbocycles. The number of hydrogen-bond donors (Lipinski definition) is 4. The largest absolute Gasteiger partial charge is 0.480 e. The first-order chi connectivity index (χ1) is 12.1. The Hall–Kier alpha value is -1.83. The number of halogens is 2. The summed E-state index contributed by atoms with van der Waals surface area (Å²) in [6, 6.07) is 2.34. The van der Waals surface area contributed by atoms with Gasteiger partial charge in [-0.3, -0.25) is 19.7 Å². The van der Waals surface area contributed by atoms with Gasteiger partial charge in [0.1, 0.15) is 12.1 Å². The summed E-state index contributed by atoms with van der Waals surface area (Å²) in [4.78, 5) is 34.7. The van der Waals surface area contributed by atoms with Crippen LogP contribution in [0.2, 0.25) is 10.0 Å². The van der Waals surface area contributed by atoms with Gasteiger partial charge in [-0.1, -0.05) is 37.0 Å². The van der Waals surface area contributed by atoms with E-state index in [1.165, 1.54) is 18.2 Å². The molecule has 1 aromatic carbocycles. The Morgan fingerprint density at radius 1 is 1.04 bits per heavy atom. The fourth-order valence-corrected chi connectivity index (χ4v) is 2.60. The Balaban J connectivity index is 2.62. The van der Waals surface area contributed by atoms with Gasteiger partial charge in [-0.15, -0.1) is 0 Å². The summed E-state index contributed by atoms with van der Waals surface area (Å²) in [6.07, 6.45) is 0.332. The molecule has 2 atom stereocenters. The van der Waals surface area contributed by atoms with Gasteiger partial charge in [-0.25, -0.2) is 0 Å². The summed E-state index contributed by atoms with van der Waals surface area (Å²) in [5.74, 6) is -2.62. The molecular weight excluding hydrogens is 383 g/mol. The lowest BCUT2D eigenvalue weighted by molar-refractivity contribution is -0.143. The molecule has 0 fully saturated rings. The summed E-state index contributed by atoms with van der Waals surface area (Å²) < 4.78 is 0. The van der Waals surface area contributed by atoms with Crippen molar-refractivity contribution in [3.8, 4) is 0 Å². The van der Waals surface area contributed by atoms with Gasteiger partial charge in [0.05, 0.1) is 10.0 Å². The molecule has 0 spiro atoms. The van der Waals surface area contributed by atoms with Crippen molar-refractivity contribution in [2.75, 3.05) is 6.54 Å². The van der Waals surface area contributed by atoms with Gasteiger partial charge in [-0.2, -0.15) is 0 Å². The third-order valence-corrected chi connectivity index (χ3v) is 4.35. The predicted octanol–water partition coefficient (Wildman–Crippen LogP) is 2.66. The number of carboxylic acid groups (broad SMARTS) is 2. The van der Waals surface area contributed by atoms with Crippen LogP contribution < -0.4 is 10.6 Å². The van der Waals surface area contributed by atoms with Crippen LogP contribution in [0.5, 0.6) is 0 Å². The van der Waals surface area contributed by atoms with E-state index in [-0.39, 0.29) is 23.9 Å². The number of carbonyl (C=O) groups excluding carboxylic acids is 1. The lowest BCUT2D eigenvalue weighted by Gasteiger charge is -2.21. The van der Waals surface area contributed by atoms with Gasteiger partial charge in [0.15, 0.2) is 0 Å². The number of nitrogens with one attached hydrogen (secondary N) is 2. The van der Waals surface area contributed by atoms with Crippen molar-refractivity contribution in [2.24, 2.45) is 5.92 Å². The summed E-state index contributed by atoms with van der Waals surface area (Å²) in [5.41, 5.74) is 0.294. The quantitative estimate of drug-likeness (QED) is 0.476. The molecule has 0 aliphatic heterocycles. The number of carboxylic acids is 2. The first-order valence-electron chi connectivity index (χ1n) is 8.06. The topological polar surface area (TPSA) is 116 Å². The highest BCUT2D eigenvalue weighted by atomic mass is 35.5. The van der Waals surface area contributed by atoms with Crippen molar-refractivity contribution in [1.29, 1.82) is 0 Å². The second-order valence-corrected chi connectivity index (χ2v) is 7.07. The Bertz CT molecular complexity index is 667. The second kappa shape index (κ2) is 10.4. The number of benzene rings is 1. The third-order valence-electron chi connectivity index (χ3n) is 3.61. The molecular formula is C17H22Cl2N2O5. The highest BCUT2D eigenvalue weighted by Gasteiger charge is 2.26. The SMILES string of the molecule is CC(C)CC(NC(CCNC(=O)c1ccc(Cl)c(Cl)c1)C(=O)O)C(=O)O. The Morgan fingerprint density at radius 2 is 1.65 bits per heavy atom. The van der Waals surface area contributed by atoms with Crippen molar-refractivity contribution < 1.29 is 24.6 Å². The average molecular weight is 405 g/mol. The van der Waals surface area contributed by atoms with E-state index in [4.69, 9.17) is 23.2 Å². The molecule has 4 N–H and O–H groups in total. The van der Waals surface area contributed by atoms with E-state index in [2.05, 4.69) is 10.6 Å². The minimum absolute atomic E-state index is 0.0320. The van der Waals surface area contributed by atoms with Gasteiger partial charge in [0.25, 0.3) is 5.91 Å². The molecule has 0 saturated heterocycles. The maximum atomic E-state index is 12.1. The molecule has 1 rings (SSSR count). The summed E-state index contributed by atoms with van der Waals surface area (Å²) in [7, 11) is 0. The number of amides is 1. The van der Waals surface area contributed by atoms with Crippen LogP contribution in [0.4, 0.5) is 0 Å². The van der Waals surface area contributed by atoms with Crippen LogP contribution in [0.3, 0.4) is 0 Å². The van der Waals surface area contributed by atoms with Crippen LogP contribution >= 0.6 is 23.2 Å². The normalized spacial score (nSPS) is 13.3. The molecule has 2 unspecified atom stereocenters. The molecule has 26 heavy (non-hydrogen) atoms. The van der Waals surface area contributed by atoms with Crippen LogP contribution in [-0.4, -0.2) is 46.7 Å². The average Bonchev–Trinajstić information content (AvgIpc) is 2.54. The molecule has 0 aliphatic rings. The molecule has 0 radical (unpaired) electrons. The summed E-state index contributed by atoms with van der Waals surface area (Å²) in [6.45, 7) is 3.76. The number of carbonyl (C=O) groups is 3. The standard InChI is InChI=1S/C17H22Cl2N2O5/c1-9(2)7-14(17(25)26)21-13(16(23)24)5-6-20-15(22)10-3-4-11(18)12(19)8-10/h3-4,8-9,13-14,21H,5-7H2,1-2H3,(H,20,22)(H,23,24)(H,25,26). The van der Waals surface area contributed by atoms with Gasteiger partial charge in [0.2, 0.25) is 0 Å². The maximum Gasteiger partial charge on any atom is 0.320 e. The molecule has 0 aromatic heterocycles. The molecule has 1 aromatic rings. The molecule has 1 amide bonds. The molecule has 144 valence electrons. The molecule has 7 nitrogen and oxygen atoms in total. The van der Waals surface area contributed by atoms with Gasteiger partial charge >= 0.3 is 11.9 Å². The van der Waals surface area contributed by atoms with E-state index in [0.29, 0.717) is 17.0 Å². The van der Waals surface area contributed by atoms with E-state index in [1.807, 2.05) is 13.8 Å². The van der Waals surface area contributed by atoms with Gasteiger partial charge in [-0.05, 0) is 37.0 Å². The summed E-state index contributed by atoms with van der Waals surface area (Å²) in [5, 5.41) is 24.3. The Labute approximate surface area is 161 Å². The second-order valence-electron chi connectivity index (χ2n) is 6.25. The molecule has 0 saturated carbocycles. The molecule has 0 heterocycles. The zero-order valence-corrected chi connectivity index (χ0v) is 16.0. The fourth-order valence-electron chi connectivity index (χ4n) is 2.30. The zero-order chi connectivity index (χ0) is 19.9. The van der Waals surface area contributed by atoms with Crippen molar-refractivity contribution in [3.63, 3.8) is 0 Å². The van der Waals surface area contributed by atoms with Crippen molar-refractivity contribution >= 4 is 41.0 Å². The van der Waals surface area contributed by atoms with E-state index < -0.39 is 29.9 Å². The van der Waals surface area contributed by atoms with E-state index >= 15 is 0 Å². The van der Waals surface area contributed by atoms with Crippen LogP contribution in [0.1, 0.15) is 37.0 Å². The van der Waals surface area contributed by atoms with Gasteiger partial charge < -0.3 is 15.5 Å². The minimum Gasteiger partial charge on any atom is -0.480 e. The monoisotopic (exact) mass is 404 g/mol. The minimum atomic E-state index is -1.18. The lowest BCUT2D eigenvalue weighted by Crippen LogP contribution is -2.49. The Morgan fingerprint density at radius 3 is 2.15 bits per heavy atom. The first-order valence-corrected chi connectivity index (χ1v) is 8.82. The first kappa shape index (κ1) is 22.2.